The van der Waals surface area contributed by atoms with Crippen LogP contribution in [-0.4, -0.2) is 22.8 Å². The molecule has 0 aromatic rings. The van der Waals surface area contributed by atoms with Gasteiger partial charge in [-0.1, -0.05) is 102 Å². The number of aliphatic carboxylic acids is 1. The van der Waals surface area contributed by atoms with Gasteiger partial charge >= 0.3 is 5.97 Å². The van der Waals surface area contributed by atoms with Crippen LogP contribution in [0.3, 0.4) is 0 Å². The number of unbranched alkanes of at least 4 members (excludes halogenated alkanes) is 2. The summed E-state index contributed by atoms with van der Waals surface area (Å²) in [7, 11) is 0. The first-order valence-electron chi connectivity index (χ1n) is 13.8. The quantitative estimate of drug-likeness (QED) is 0.212. The molecule has 2 N–H and O–H groups in total. The van der Waals surface area contributed by atoms with Crippen molar-refractivity contribution in [3.8, 4) is 0 Å². The van der Waals surface area contributed by atoms with Crippen molar-refractivity contribution in [1.29, 1.82) is 0 Å². The molecule has 0 bridgehead atoms. The predicted molar refractivity (Wildman–Crippen MR) is 163 cm³/mol. The first-order valence-corrected chi connectivity index (χ1v) is 15.4. The summed E-state index contributed by atoms with van der Waals surface area (Å²) in [5.41, 5.74) is -0.569. The number of allylic oxidation sites excluding steroid dienone is 8. The van der Waals surface area contributed by atoms with Crippen molar-refractivity contribution in [2.24, 2.45) is 21.7 Å². The molecule has 0 saturated heterocycles. The molecule has 0 unspecified atom stereocenters. The third-order valence-electron chi connectivity index (χ3n) is 7.01. The molecule has 0 fully saturated rings. The van der Waals surface area contributed by atoms with E-state index in [9.17, 15) is 15.0 Å². The van der Waals surface area contributed by atoms with Gasteiger partial charge in [0.15, 0.2) is 0 Å². The van der Waals surface area contributed by atoms with Crippen LogP contribution in [0.4, 0.5) is 0 Å². The molecule has 0 aliphatic carbocycles. The van der Waals surface area contributed by atoms with Crippen LogP contribution in [0.15, 0.2) is 56.1 Å². The van der Waals surface area contributed by atoms with E-state index in [0.29, 0.717) is 6.42 Å². The summed E-state index contributed by atoms with van der Waals surface area (Å²) in [6, 6.07) is 0. The molecule has 2 rings (SSSR count). The van der Waals surface area contributed by atoms with E-state index in [0.717, 1.165) is 44.9 Å². The van der Waals surface area contributed by atoms with Crippen molar-refractivity contribution in [3.05, 3.63) is 56.1 Å². The number of carbonyl (C=O) groups is 1. The van der Waals surface area contributed by atoms with Crippen LogP contribution in [0.5, 0.6) is 0 Å². The van der Waals surface area contributed by atoms with Crippen LogP contribution >= 0.6 is 23.5 Å². The maximum Gasteiger partial charge on any atom is 0.309 e. The minimum atomic E-state index is -0.711. The summed E-state index contributed by atoms with van der Waals surface area (Å²) in [5.74, 6) is -0.711. The fraction of sp³-hybridized carbons (Fsp3) is 0.656. The maximum atomic E-state index is 11.4. The van der Waals surface area contributed by atoms with Crippen LogP contribution in [-0.2, 0) is 4.79 Å². The Morgan fingerprint density at radius 3 is 1.62 bits per heavy atom. The summed E-state index contributed by atoms with van der Waals surface area (Å²) in [6.07, 6.45) is 22.2. The number of aliphatic hydroxyl groups is 1. The standard InChI is InChI=1S/C32H50O3S2/c1-29(2,23-33)17-11-9-13-24-19-30(3,4)21-26(36-24)15-16-27-22-31(5,6)20-25(37-27)14-10-12-18-32(7,8)28(34)35/h15-16,19-22,33H,9-14,17-18,23H2,1-8H3,(H,34,35)/b16-15-. The van der Waals surface area contributed by atoms with Crippen molar-refractivity contribution >= 4 is 29.5 Å². The average molecular weight is 547 g/mol. The molecule has 5 heteroatoms. The van der Waals surface area contributed by atoms with Crippen LogP contribution in [0.2, 0.25) is 0 Å². The highest BCUT2D eigenvalue weighted by atomic mass is 32.2. The lowest BCUT2D eigenvalue weighted by Gasteiger charge is -2.26. The second kappa shape index (κ2) is 13.3. The molecule has 0 aromatic carbocycles. The second-order valence-electron chi connectivity index (χ2n) is 13.4. The zero-order valence-electron chi connectivity index (χ0n) is 24.4. The van der Waals surface area contributed by atoms with Gasteiger partial charge in [0.2, 0.25) is 0 Å². The van der Waals surface area contributed by atoms with Crippen molar-refractivity contribution in [2.45, 2.75) is 107 Å². The van der Waals surface area contributed by atoms with Gasteiger partial charge in [0, 0.05) is 27.2 Å². The Morgan fingerprint density at radius 1 is 0.784 bits per heavy atom. The highest BCUT2D eigenvalue weighted by Gasteiger charge is 2.27. The van der Waals surface area contributed by atoms with E-state index in [1.807, 2.05) is 37.4 Å². The Morgan fingerprint density at radius 2 is 1.22 bits per heavy atom. The summed E-state index contributed by atoms with van der Waals surface area (Å²) in [6.45, 7) is 17.2. The molecule has 2 aliphatic heterocycles. The Kier molecular flexibility index (Phi) is 11.5. The molecule has 2 heterocycles. The van der Waals surface area contributed by atoms with E-state index in [4.69, 9.17) is 0 Å². The Hall–Kier alpha value is -1.17. The third kappa shape index (κ3) is 11.6. The van der Waals surface area contributed by atoms with E-state index in [2.05, 4.69) is 78.0 Å². The molecule has 0 spiro atoms. The molecule has 3 nitrogen and oxygen atoms in total. The SMILES string of the molecule is CC1(C)C=C(/C=C\C2=CC(C)(C)C=C(CCCCC(C)(C)C(=O)O)S2)SC(CCCCC(C)(C)CO)=C1. The van der Waals surface area contributed by atoms with Gasteiger partial charge in [-0.15, -0.1) is 0 Å². The largest absolute Gasteiger partial charge is 0.481 e. The van der Waals surface area contributed by atoms with E-state index >= 15 is 0 Å². The van der Waals surface area contributed by atoms with E-state index < -0.39 is 11.4 Å². The number of carboxylic acid groups (broad SMARTS) is 1. The Bertz CT molecular complexity index is 959. The molecule has 0 atom stereocenters. The smallest absolute Gasteiger partial charge is 0.309 e. The lowest BCUT2D eigenvalue weighted by atomic mass is 9.87. The molecule has 0 saturated carbocycles. The summed E-state index contributed by atoms with van der Waals surface area (Å²) < 4.78 is 0. The van der Waals surface area contributed by atoms with Crippen molar-refractivity contribution < 1.29 is 15.0 Å². The first kappa shape index (κ1) is 32.0. The van der Waals surface area contributed by atoms with E-state index in [1.165, 1.54) is 19.6 Å². The molecular formula is C32H50O3S2. The van der Waals surface area contributed by atoms with Crippen LogP contribution in [0.25, 0.3) is 0 Å². The number of hydrogen-bond acceptors (Lipinski definition) is 4. The van der Waals surface area contributed by atoms with Crippen LogP contribution in [0, 0.1) is 21.7 Å². The van der Waals surface area contributed by atoms with Gasteiger partial charge in [-0.05, 0) is 79.7 Å². The molecule has 37 heavy (non-hydrogen) atoms. The predicted octanol–water partition coefficient (Wildman–Crippen LogP) is 9.87. The molecule has 2 aliphatic rings. The van der Waals surface area contributed by atoms with Crippen molar-refractivity contribution in [2.75, 3.05) is 6.61 Å². The number of hydrogen-bond donors (Lipinski definition) is 2. The zero-order chi connectivity index (χ0) is 27.9. The van der Waals surface area contributed by atoms with E-state index in [-0.39, 0.29) is 22.9 Å². The second-order valence-corrected chi connectivity index (χ2v) is 15.8. The van der Waals surface area contributed by atoms with Crippen LogP contribution < -0.4 is 0 Å². The minimum absolute atomic E-state index is 0.0152. The molecule has 0 radical (unpaired) electrons. The van der Waals surface area contributed by atoms with Gasteiger partial charge in [-0.3, -0.25) is 4.79 Å². The molecule has 0 aromatic heterocycles. The van der Waals surface area contributed by atoms with Gasteiger partial charge in [0.05, 0.1) is 5.41 Å². The molecule has 208 valence electrons. The summed E-state index contributed by atoms with van der Waals surface area (Å²) >= 11 is 3.75. The monoisotopic (exact) mass is 546 g/mol. The average Bonchev–Trinajstić information content (AvgIpc) is 2.76. The first-order chi connectivity index (χ1) is 17.0. The van der Waals surface area contributed by atoms with Crippen LogP contribution in [0.1, 0.15) is 107 Å². The van der Waals surface area contributed by atoms with Gasteiger partial charge in [0.25, 0.3) is 0 Å². The number of carboxylic acids is 1. The van der Waals surface area contributed by atoms with Gasteiger partial charge in [0.1, 0.15) is 0 Å². The molecule has 0 amide bonds. The van der Waals surface area contributed by atoms with Crippen molar-refractivity contribution in [3.63, 3.8) is 0 Å². The Labute approximate surface area is 235 Å². The minimum Gasteiger partial charge on any atom is -0.481 e. The van der Waals surface area contributed by atoms with Gasteiger partial charge in [-0.25, -0.2) is 0 Å². The van der Waals surface area contributed by atoms with Gasteiger partial charge in [-0.2, -0.15) is 0 Å². The number of aliphatic hydroxyl groups excluding tert-OH is 1. The topological polar surface area (TPSA) is 57.5 Å². The summed E-state index contributed by atoms with van der Waals surface area (Å²) in [5, 5.41) is 18.9. The highest BCUT2D eigenvalue weighted by Crippen LogP contribution is 2.44. The fourth-order valence-corrected chi connectivity index (χ4v) is 7.42. The van der Waals surface area contributed by atoms with Crippen molar-refractivity contribution in [1.82, 2.24) is 0 Å². The van der Waals surface area contributed by atoms with E-state index in [1.54, 1.807) is 0 Å². The maximum absolute atomic E-state index is 11.4. The normalized spacial score (nSPS) is 19.8. The number of thioether (sulfide) groups is 2. The summed E-state index contributed by atoms with van der Waals surface area (Å²) in [4.78, 5) is 16.8. The zero-order valence-corrected chi connectivity index (χ0v) is 26.1. The number of rotatable bonds is 14. The molecular weight excluding hydrogens is 496 g/mol. The highest BCUT2D eigenvalue weighted by molar-refractivity contribution is 8.07. The fourth-order valence-electron chi connectivity index (χ4n) is 4.60. The lowest BCUT2D eigenvalue weighted by Crippen LogP contribution is -2.23. The lowest BCUT2D eigenvalue weighted by molar-refractivity contribution is -0.147. The van der Waals surface area contributed by atoms with Gasteiger partial charge < -0.3 is 10.2 Å². The Balaban J connectivity index is 1.94. The third-order valence-corrected chi connectivity index (χ3v) is 9.16.